The molecule has 0 fully saturated rings. The van der Waals surface area contributed by atoms with E-state index in [9.17, 15) is 0 Å². The topological polar surface area (TPSA) is 0 Å². The summed E-state index contributed by atoms with van der Waals surface area (Å²) in [5.74, 6) is 0. The molecule has 0 saturated carbocycles. The normalized spacial score (nSPS) is 12.4. The molecule has 0 bridgehead atoms. The van der Waals surface area contributed by atoms with E-state index < -0.39 is 0 Å². The van der Waals surface area contributed by atoms with Crippen molar-refractivity contribution in [2.24, 2.45) is 0 Å². The summed E-state index contributed by atoms with van der Waals surface area (Å²) in [4.78, 5) is 0. The molecule has 0 heterocycles. The molecule has 0 spiro atoms. The van der Waals surface area contributed by atoms with Gasteiger partial charge in [0.05, 0.1) is 0 Å². The molecule has 0 radical (unpaired) electrons. The zero-order chi connectivity index (χ0) is 28.8. The van der Waals surface area contributed by atoms with Crippen molar-refractivity contribution in [3.05, 3.63) is 155 Å². The van der Waals surface area contributed by atoms with Crippen LogP contribution >= 0.6 is 0 Å². The van der Waals surface area contributed by atoms with Gasteiger partial charge in [-0.2, -0.15) is 35.4 Å². The summed E-state index contributed by atoms with van der Waals surface area (Å²) >= 11 is 1.46. The van der Waals surface area contributed by atoms with Gasteiger partial charge in [-0.05, 0) is 23.0 Å². The molecule has 0 aliphatic heterocycles. The van der Waals surface area contributed by atoms with E-state index in [1.165, 1.54) is 71.9 Å². The molecule has 0 atom stereocenters. The molecule has 3 heteroatoms. The van der Waals surface area contributed by atoms with E-state index in [2.05, 4.69) is 151 Å². The average molecular weight is 671 g/mol. The summed E-state index contributed by atoms with van der Waals surface area (Å²) in [6.45, 7) is 13.7. The predicted molar refractivity (Wildman–Crippen MR) is 169 cm³/mol. The fourth-order valence-electron chi connectivity index (χ4n) is 4.97. The Morgan fingerprint density at radius 3 is 1.76 bits per heavy atom. The molecule has 4 aromatic carbocycles. The van der Waals surface area contributed by atoms with Crippen molar-refractivity contribution in [2.45, 2.75) is 65.2 Å². The van der Waals surface area contributed by atoms with Gasteiger partial charge in [-0.1, -0.05) is 70.7 Å². The van der Waals surface area contributed by atoms with E-state index in [0.717, 1.165) is 12.8 Å². The molecule has 0 saturated heterocycles. The maximum absolute atomic E-state index is 3.55. The van der Waals surface area contributed by atoms with Gasteiger partial charge in [0.2, 0.25) is 0 Å². The zero-order valence-corrected chi connectivity index (χ0v) is 29.5. The van der Waals surface area contributed by atoms with Gasteiger partial charge in [0.25, 0.3) is 0 Å². The molecule has 0 aromatic heterocycles. The van der Waals surface area contributed by atoms with Crippen molar-refractivity contribution in [3.63, 3.8) is 0 Å². The molecule has 42 heavy (non-hydrogen) atoms. The summed E-state index contributed by atoms with van der Waals surface area (Å²) in [5.41, 5.74) is 11.5. The van der Waals surface area contributed by atoms with Crippen LogP contribution in [0.1, 0.15) is 81.3 Å². The van der Waals surface area contributed by atoms with Gasteiger partial charge in [0.1, 0.15) is 0 Å². The summed E-state index contributed by atoms with van der Waals surface area (Å²) in [7, 11) is 0. The quantitative estimate of drug-likeness (QED) is 0.251. The van der Waals surface area contributed by atoms with Crippen LogP contribution in [-0.2, 0) is 41.5 Å². The second-order valence-electron chi connectivity index (χ2n) is 12.4. The SMILES string of the molecule is CC(C)(C)c1c[c-]c2c(c1)-c1cccc(C(C)(C)C)c1C2.[C-]1=CC=CC1.[Cl-].[Cl-].[Zr+2]=[C](c1ccccc1)c1ccccc1. The number of allylic oxidation sites excluding steroid dienone is 4. The second kappa shape index (κ2) is 16.0. The standard InChI is InChI=1S/C21H25.C13H10.C5H5.2ClH.Zr/c1-20(2,3)15-11-10-14-12-18-16(17(14)13-15)8-7-9-19(18)21(4,5)6;1-3-7-12(8-4-1)11-13-9-5-2-6-10-13;1-2-4-5-3-1;;;/h7-9,11,13H,12H2,1-6H3;1-10H;1-3H,4H2;2*1H;/q-1;;-1;;;+2/p-2. The number of benzene rings is 4. The molecule has 6 rings (SSSR count). The Hall–Kier alpha value is -2.31. The number of rotatable bonds is 2. The van der Waals surface area contributed by atoms with Crippen molar-refractivity contribution in [1.82, 2.24) is 0 Å². The number of hydrogen-bond acceptors (Lipinski definition) is 0. The van der Waals surface area contributed by atoms with E-state index in [1.807, 2.05) is 12.2 Å². The molecule has 216 valence electrons. The minimum atomic E-state index is 0. The van der Waals surface area contributed by atoms with Gasteiger partial charge in [0, 0.05) is 0 Å². The predicted octanol–water partition coefficient (Wildman–Crippen LogP) is 3.77. The van der Waals surface area contributed by atoms with Crippen molar-refractivity contribution < 1.29 is 49.0 Å². The van der Waals surface area contributed by atoms with E-state index in [1.54, 1.807) is 0 Å². The summed E-state index contributed by atoms with van der Waals surface area (Å²) < 4.78 is 1.42. The molecule has 0 unspecified atom stereocenters. The van der Waals surface area contributed by atoms with Crippen LogP contribution in [0.15, 0.2) is 109 Å². The third-order valence-electron chi connectivity index (χ3n) is 7.23. The Labute approximate surface area is 281 Å². The fourth-order valence-corrected chi connectivity index (χ4v) is 5.79. The molecule has 2 aliphatic carbocycles. The number of halogens is 2. The van der Waals surface area contributed by atoms with Crippen molar-refractivity contribution in [2.75, 3.05) is 0 Å². The first-order valence-corrected chi connectivity index (χ1v) is 15.4. The van der Waals surface area contributed by atoms with E-state index in [4.69, 9.17) is 0 Å². The fraction of sp³-hybridized carbons (Fsp3) is 0.256. The van der Waals surface area contributed by atoms with Crippen molar-refractivity contribution in [1.29, 1.82) is 0 Å². The Morgan fingerprint density at radius 1 is 0.714 bits per heavy atom. The zero-order valence-electron chi connectivity index (χ0n) is 25.6. The van der Waals surface area contributed by atoms with Crippen LogP contribution in [0.5, 0.6) is 0 Å². The first kappa shape index (κ1) is 35.9. The third kappa shape index (κ3) is 9.34. The van der Waals surface area contributed by atoms with E-state index in [-0.39, 0.29) is 35.6 Å². The first-order chi connectivity index (χ1) is 19.1. The second-order valence-corrected chi connectivity index (χ2v) is 13.6. The maximum atomic E-state index is 3.55. The third-order valence-corrected chi connectivity index (χ3v) is 8.65. The van der Waals surface area contributed by atoms with E-state index in [0.29, 0.717) is 0 Å². The molecule has 0 amide bonds. The number of fused-ring (bicyclic) bond motifs is 3. The van der Waals surface area contributed by atoms with Crippen LogP contribution in [0, 0.1) is 12.1 Å². The Morgan fingerprint density at radius 2 is 1.31 bits per heavy atom. The van der Waals surface area contributed by atoms with Gasteiger partial charge in [-0.3, -0.25) is 6.08 Å². The molecule has 0 N–H and O–H groups in total. The van der Waals surface area contributed by atoms with E-state index >= 15 is 0 Å². The van der Waals surface area contributed by atoms with Crippen LogP contribution in [-0.4, -0.2) is 3.21 Å². The van der Waals surface area contributed by atoms with Gasteiger partial charge in [-0.15, -0.1) is 12.0 Å². The van der Waals surface area contributed by atoms with Crippen LogP contribution in [0.3, 0.4) is 0 Å². The van der Waals surface area contributed by atoms with Crippen molar-refractivity contribution >= 4 is 3.21 Å². The summed E-state index contributed by atoms with van der Waals surface area (Å²) in [5, 5.41) is 0. The Bertz CT molecular complexity index is 1450. The Kier molecular flexibility index (Phi) is 13.6. The monoisotopic (exact) mass is 668 g/mol. The van der Waals surface area contributed by atoms with Crippen LogP contribution in [0.4, 0.5) is 0 Å². The van der Waals surface area contributed by atoms with Crippen LogP contribution < -0.4 is 24.8 Å². The molecule has 2 aliphatic rings. The molecular weight excluding hydrogens is 631 g/mol. The molecule has 0 nitrogen and oxygen atoms in total. The molecular formula is C39H40Cl2Zr-2. The Balaban J connectivity index is 0.000000253. The first-order valence-electron chi connectivity index (χ1n) is 14.1. The van der Waals surface area contributed by atoms with Gasteiger partial charge in [0.15, 0.2) is 0 Å². The minimum absolute atomic E-state index is 0. The van der Waals surface area contributed by atoms with Crippen LogP contribution in [0.25, 0.3) is 11.1 Å². The average Bonchev–Trinajstić information content (AvgIpc) is 3.64. The number of hydrogen-bond donors (Lipinski definition) is 0. The van der Waals surface area contributed by atoms with Gasteiger partial charge >= 0.3 is 99.2 Å². The van der Waals surface area contributed by atoms with Crippen LogP contribution in [0.2, 0.25) is 0 Å². The van der Waals surface area contributed by atoms with Gasteiger partial charge < -0.3 is 24.8 Å². The van der Waals surface area contributed by atoms with Gasteiger partial charge in [-0.25, -0.2) is 12.2 Å². The summed E-state index contributed by atoms with van der Waals surface area (Å²) in [6.07, 6.45) is 11.0. The van der Waals surface area contributed by atoms with Crippen molar-refractivity contribution in [3.8, 4) is 11.1 Å². The molecule has 4 aromatic rings. The summed E-state index contributed by atoms with van der Waals surface area (Å²) in [6, 6.07) is 36.0.